The first kappa shape index (κ1) is 13.7. The van der Waals surface area contributed by atoms with E-state index in [9.17, 15) is 5.11 Å². The highest BCUT2D eigenvalue weighted by Crippen LogP contribution is 2.36. The first-order chi connectivity index (χ1) is 9.55. The van der Waals surface area contributed by atoms with Crippen LogP contribution in [0, 0.1) is 6.92 Å². The minimum absolute atomic E-state index is 0.0508. The molecule has 0 radical (unpaired) electrons. The molecule has 0 unspecified atom stereocenters. The summed E-state index contributed by atoms with van der Waals surface area (Å²) in [6, 6.07) is 3.28. The average Bonchev–Trinajstić information content (AvgIpc) is 2.75. The number of ether oxygens (including phenoxy) is 2. The van der Waals surface area contributed by atoms with Gasteiger partial charge in [0.2, 0.25) is 11.7 Å². The molecule has 7 nitrogen and oxygen atoms in total. The number of aromatic nitrogens is 2. The first-order valence-electron chi connectivity index (χ1n) is 5.86. The predicted molar refractivity (Wildman–Crippen MR) is 75.6 cm³/mol. The number of nitrogen functional groups attached to an aromatic ring is 1. The Labute approximate surface area is 116 Å². The van der Waals surface area contributed by atoms with Gasteiger partial charge in [-0.05, 0) is 19.1 Å². The average molecular weight is 276 g/mol. The van der Waals surface area contributed by atoms with Crippen LogP contribution in [0.2, 0.25) is 0 Å². The molecule has 0 aliphatic carbocycles. The highest BCUT2D eigenvalue weighted by Gasteiger charge is 2.10. The monoisotopic (exact) mass is 276 g/mol. The van der Waals surface area contributed by atoms with Gasteiger partial charge < -0.3 is 20.3 Å². The van der Waals surface area contributed by atoms with E-state index in [0.717, 1.165) is 5.69 Å². The second-order valence-corrected chi connectivity index (χ2v) is 4.10. The molecule has 1 aromatic carbocycles. The third-order valence-corrected chi connectivity index (χ3v) is 2.67. The number of benzene rings is 1. The van der Waals surface area contributed by atoms with Crippen LogP contribution in [0.5, 0.6) is 17.2 Å². The van der Waals surface area contributed by atoms with Crippen molar-refractivity contribution in [1.82, 2.24) is 9.66 Å². The number of nitrogens with two attached hydrogens (primary N) is 1. The molecule has 0 saturated heterocycles. The van der Waals surface area contributed by atoms with Crippen LogP contribution >= 0.6 is 0 Å². The maximum Gasteiger partial charge on any atom is 0.221 e. The molecule has 3 N–H and O–H groups in total. The molecule has 7 heteroatoms. The first-order valence-corrected chi connectivity index (χ1v) is 5.86. The minimum atomic E-state index is -0.0508. The number of aromatic hydroxyl groups is 1. The number of anilines is 1. The lowest BCUT2D eigenvalue weighted by Gasteiger charge is -2.09. The van der Waals surface area contributed by atoms with E-state index in [1.165, 1.54) is 18.9 Å². The highest BCUT2D eigenvalue weighted by molar-refractivity contribution is 5.82. The van der Waals surface area contributed by atoms with Gasteiger partial charge in [0.15, 0.2) is 11.5 Å². The smallest absolute Gasteiger partial charge is 0.221 e. The van der Waals surface area contributed by atoms with Crippen molar-refractivity contribution in [3.8, 4) is 17.2 Å². The Bertz CT molecular complexity index is 624. The Morgan fingerprint density at radius 3 is 2.35 bits per heavy atom. The Hall–Kier alpha value is -2.70. The molecule has 0 aliphatic heterocycles. The largest absolute Gasteiger partial charge is 0.502 e. The fraction of sp³-hybridized carbons (Fsp3) is 0.231. The Morgan fingerprint density at radius 1 is 1.30 bits per heavy atom. The molecule has 2 rings (SSSR count). The number of hydrogen-bond acceptors (Lipinski definition) is 6. The maximum atomic E-state index is 9.82. The molecule has 106 valence electrons. The summed E-state index contributed by atoms with van der Waals surface area (Å²) in [5, 5.41) is 14.0. The van der Waals surface area contributed by atoms with Crippen molar-refractivity contribution >= 4 is 12.2 Å². The fourth-order valence-electron chi connectivity index (χ4n) is 1.71. The number of nitrogens with zero attached hydrogens (tertiary/aromatic N) is 3. The molecule has 1 aromatic heterocycles. The molecule has 0 fully saturated rings. The lowest BCUT2D eigenvalue weighted by molar-refractivity contribution is 0.340. The van der Waals surface area contributed by atoms with Gasteiger partial charge in [-0.3, -0.25) is 0 Å². The van der Waals surface area contributed by atoms with E-state index in [0.29, 0.717) is 23.0 Å². The van der Waals surface area contributed by atoms with Crippen molar-refractivity contribution in [2.45, 2.75) is 6.92 Å². The topological polar surface area (TPSA) is 94.9 Å². The molecule has 20 heavy (non-hydrogen) atoms. The summed E-state index contributed by atoms with van der Waals surface area (Å²) in [5.74, 6) is 0.864. The third kappa shape index (κ3) is 2.66. The van der Waals surface area contributed by atoms with Gasteiger partial charge in [0.1, 0.15) is 0 Å². The Kier molecular flexibility index (Phi) is 3.79. The standard InChI is InChI=1S/C13H16N4O3/c1-8-7-17(13(14)16-8)15-6-9-4-10(19-2)12(18)11(5-9)20-3/h4-7,18H,1-3H3,(H2,14,16). The van der Waals surface area contributed by atoms with Crippen LogP contribution in [0.3, 0.4) is 0 Å². The molecular weight excluding hydrogens is 260 g/mol. The van der Waals surface area contributed by atoms with Gasteiger partial charge in [0.25, 0.3) is 0 Å². The molecule has 0 amide bonds. The summed E-state index contributed by atoms with van der Waals surface area (Å²) in [6.07, 6.45) is 3.28. The summed E-state index contributed by atoms with van der Waals surface area (Å²) < 4.78 is 11.6. The molecule has 0 atom stereocenters. The minimum Gasteiger partial charge on any atom is -0.502 e. The van der Waals surface area contributed by atoms with E-state index in [1.54, 1.807) is 24.5 Å². The van der Waals surface area contributed by atoms with E-state index in [4.69, 9.17) is 15.2 Å². The number of imidazole rings is 1. The Morgan fingerprint density at radius 2 is 1.90 bits per heavy atom. The molecular formula is C13H16N4O3. The van der Waals surface area contributed by atoms with E-state index in [1.807, 2.05) is 6.92 Å². The van der Waals surface area contributed by atoms with Crippen molar-refractivity contribution in [2.75, 3.05) is 20.0 Å². The summed E-state index contributed by atoms with van der Waals surface area (Å²) in [4.78, 5) is 4.04. The number of phenolic OH excluding ortho intramolecular Hbond substituents is 1. The van der Waals surface area contributed by atoms with Crippen molar-refractivity contribution in [1.29, 1.82) is 0 Å². The number of phenols is 1. The quantitative estimate of drug-likeness (QED) is 0.822. The summed E-state index contributed by atoms with van der Waals surface area (Å²) in [7, 11) is 2.93. The van der Waals surface area contributed by atoms with Crippen molar-refractivity contribution in [2.24, 2.45) is 5.10 Å². The number of aryl methyl sites for hydroxylation is 1. The number of methoxy groups -OCH3 is 2. The zero-order chi connectivity index (χ0) is 14.7. The normalized spacial score (nSPS) is 10.9. The molecule has 0 bridgehead atoms. The van der Waals surface area contributed by atoms with Crippen LogP contribution in [0.25, 0.3) is 0 Å². The second kappa shape index (κ2) is 5.52. The van der Waals surface area contributed by atoms with Crippen LogP contribution in [0.1, 0.15) is 11.3 Å². The third-order valence-electron chi connectivity index (χ3n) is 2.67. The highest BCUT2D eigenvalue weighted by atomic mass is 16.5. The van der Waals surface area contributed by atoms with Crippen LogP contribution in [0.15, 0.2) is 23.4 Å². The van der Waals surface area contributed by atoms with Gasteiger partial charge in [-0.15, -0.1) is 0 Å². The van der Waals surface area contributed by atoms with Crippen LogP contribution in [-0.4, -0.2) is 35.2 Å². The van der Waals surface area contributed by atoms with Gasteiger partial charge in [0, 0.05) is 5.56 Å². The van der Waals surface area contributed by atoms with Gasteiger partial charge in [-0.1, -0.05) is 0 Å². The SMILES string of the molecule is COc1cc(C=Nn2cc(C)nc2N)cc(OC)c1O. The van der Waals surface area contributed by atoms with Gasteiger partial charge in [-0.2, -0.15) is 5.10 Å². The number of hydrogen-bond donors (Lipinski definition) is 2. The zero-order valence-corrected chi connectivity index (χ0v) is 11.5. The Balaban J connectivity index is 2.36. The molecule has 1 heterocycles. The van der Waals surface area contributed by atoms with E-state index in [2.05, 4.69) is 10.1 Å². The van der Waals surface area contributed by atoms with Crippen molar-refractivity contribution in [3.05, 3.63) is 29.6 Å². The van der Waals surface area contributed by atoms with Crippen molar-refractivity contribution in [3.63, 3.8) is 0 Å². The summed E-state index contributed by atoms with van der Waals surface area (Å²) in [6.45, 7) is 1.83. The predicted octanol–water partition coefficient (Wildman–Crippen LogP) is 1.38. The fourth-order valence-corrected chi connectivity index (χ4v) is 1.71. The van der Waals surface area contributed by atoms with Crippen LogP contribution < -0.4 is 15.2 Å². The lowest BCUT2D eigenvalue weighted by atomic mass is 10.2. The number of rotatable bonds is 4. The molecule has 0 saturated carbocycles. The zero-order valence-electron chi connectivity index (χ0n) is 11.5. The molecule has 0 spiro atoms. The van der Waals surface area contributed by atoms with E-state index < -0.39 is 0 Å². The van der Waals surface area contributed by atoms with E-state index in [-0.39, 0.29) is 5.75 Å². The van der Waals surface area contributed by atoms with E-state index >= 15 is 0 Å². The van der Waals surface area contributed by atoms with Crippen LogP contribution in [-0.2, 0) is 0 Å². The molecule has 2 aromatic rings. The van der Waals surface area contributed by atoms with Gasteiger partial charge in [0.05, 0.1) is 32.3 Å². The molecule has 0 aliphatic rings. The van der Waals surface area contributed by atoms with Crippen molar-refractivity contribution < 1.29 is 14.6 Å². The summed E-state index contributed by atoms with van der Waals surface area (Å²) in [5.41, 5.74) is 7.17. The summed E-state index contributed by atoms with van der Waals surface area (Å²) >= 11 is 0. The maximum absolute atomic E-state index is 9.82. The van der Waals surface area contributed by atoms with Crippen LogP contribution in [0.4, 0.5) is 5.95 Å². The second-order valence-electron chi connectivity index (χ2n) is 4.10. The lowest BCUT2D eigenvalue weighted by Crippen LogP contribution is -1.97. The van der Waals surface area contributed by atoms with Gasteiger partial charge in [-0.25, -0.2) is 9.66 Å². The van der Waals surface area contributed by atoms with Gasteiger partial charge >= 0.3 is 0 Å².